The molecule has 1 N–H and O–H groups in total. The summed E-state index contributed by atoms with van der Waals surface area (Å²) in [5.74, 6) is 0.811. The van der Waals surface area contributed by atoms with Gasteiger partial charge in [0.2, 0.25) is 0 Å². The first-order chi connectivity index (χ1) is 7.36. The van der Waals surface area contributed by atoms with Gasteiger partial charge in [0.25, 0.3) is 0 Å². The van der Waals surface area contributed by atoms with E-state index in [9.17, 15) is 0 Å². The summed E-state index contributed by atoms with van der Waals surface area (Å²) < 4.78 is 1.26. The van der Waals surface area contributed by atoms with E-state index in [1.165, 1.54) is 48.8 Å². The van der Waals surface area contributed by atoms with Crippen molar-refractivity contribution in [1.82, 2.24) is 5.32 Å². The van der Waals surface area contributed by atoms with Gasteiger partial charge < -0.3 is 5.32 Å². The lowest BCUT2D eigenvalue weighted by Crippen LogP contribution is -2.22. The topological polar surface area (TPSA) is 12.0 Å². The Bertz CT molecular complexity index is 303. The van der Waals surface area contributed by atoms with Gasteiger partial charge in [-0.25, -0.2) is 0 Å². The summed E-state index contributed by atoms with van der Waals surface area (Å²) in [4.78, 5) is 0. The van der Waals surface area contributed by atoms with Crippen LogP contribution >= 0.6 is 15.9 Å². The lowest BCUT2D eigenvalue weighted by molar-refractivity contribution is 0.477. The van der Waals surface area contributed by atoms with Gasteiger partial charge in [0.15, 0.2) is 0 Å². The van der Waals surface area contributed by atoms with Crippen molar-refractivity contribution in [3.05, 3.63) is 34.3 Å². The number of benzene rings is 1. The summed E-state index contributed by atoms with van der Waals surface area (Å²) in [5.41, 5.74) is 1.45. The predicted octanol–water partition coefficient (Wildman–Crippen LogP) is 3.38. The largest absolute Gasteiger partial charge is 0.316 e. The van der Waals surface area contributed by atoms with Gasteiger partial charge in [-0.2, -0.15) is 0 Å². The lowest BCUT2D eigenvalue weighted by Gasteiger charge is -2.14. The molecule has 1 aromatic rings. The van der Waals surface area contributed by atoms with E-state index in [1.807, 2.05) is 0 Å². The molecule has 0 radical (unpaired) electrons. The van der Waals surface area contributed by atoms with Gasteiger partial charge in [-0.3, -0.25) is 0 Å². The van der Waals surface area contributed by atoms with E-state index < -0.39 is 0 Å². The van der Waals surface area contributed by atoms with Crippen LogP contribution in [-0.2, 0) is 6.42 Å². The van der Waals surface area contributed by atoms with Crippen LogP contribution in [-0.4, -0.2) is 13.1 Å². The van der Waals surface area contributed by atoms with E-state index in [1.54, 1.807) is 0 Å². The fraction of sp³-hybridized carbons (Fsp3) is 0.538. The Morgan fingerprint density at radius 1 is 1.27 bits per heavy atom. The van der Waals surface area contributed by atoms with E-state index >= 15 is 0 Å². The van der Waals surface area contributed by atoms with Crippen LogP contribution in [0.15, 0.2) is 28.7 Å². The zero-order chi connectivity index (χ0) is 10.5. The van der Waals surface area contributed by atoms with Crippen LogP contribution in [0.4, 0.5) is 0 Å². The SMILES string of the molecule is Brc1ccccc1CC1CCCCNC1. The quantitative estimate of drug-likeness (QED) is 0.867. The third kappa shape index (κ3) is 3.32. The van der Waals surface area contributed by atoms with Crippen LogP contribution < -0.4 is 5.32 Å². The van der Waals surface area contributed by atoms with Crippen molar-refractivity contribution in [1.29, 1.82) is 0 Å². The van der Waals surface area contributed by atoms with Crippen LogP contribution in [0.1, 0.15) is 24.8 Å². The van der Waals surface area contributed by atoms with Crippen LogP contribution in [0.5, 0.6) is 0 Å². The van der Waals surface area contributed by atoms with Crippen molar-refractivity contribution >= 4 is 15.9 Å². The molecule has 0 amide bonds. The summed E-state index contributed by atoms with van der Waals surface area (Å²) in [6.07, 6.45) is 5.29. The number of halogens is 1. The van der Waals surface area contributed by atoms with Gasteiger partial charge in [-0.15, -0.1) is 0 Å². The van der Waals surface area contributed by atoms with Crippen LogP contribution in [0.3, 0.4) is 0 Å². The third-order valence-electron chi connectivity index (χ3n) is 3.12. The van der Waals surface area contributed by atoms with Crippen molar-refractivity contribution in [2.24, 2.45) is 5.92 Å². The summed E-state index contributed by atoms with van der Waals surface area (Å²) >= 11 is 3.62. The molecule has 0 spiro atoms. The minimum atomic E-state index is 0.811. The minimum absolute atomic E-state index is 0.811. The molecule has 0 aromatic heterocycles. The fourth-order valence-corrected chi connectivity index (χ4v) is 2.69. The normalized spacial score (nSPS) is 22.3. The van der Waals surface area contributed by atoms with Gasteiger partial charge in [0, 0.05) is 4.47 Å². The van der Waals surface area contributed by atoms with Gasteiger partial charge in [-0.05, 0) is 49.9 Å². The second-order valence-electron chi connectivity index (χ2n) is 4.36. The zero-order valence-corrected chi connectivity index (χ0v) is 10.6. The fourth-order valence-electron chi connectivity index (χ4n) is 2.24. The molecule has 1 aliphatic rings. The second-order valence-corrected chi connectivity index (χ2v) is 5.22. The van der Waals surface area contributed by atoms with E-state index in [0.717, 1.165) is 5.92 Å². The van der Waals surface area contributed by atoms with Crippen molar-refractivity contribution in [2.45, 2.75) is 25.7 Å². The molecule has 1 heterocycles. The number of nitrogens with one attached hydrogen (secondary N) is 1. The van der Waals surface area contributed by atoms with Crippen molar-refractivity contribution < 1.29 is 0 Å². The maximum atomic E-state index is 3.62. The Morgan fingerprint density at radius 3 is 3.00 bits per heavy atom. The molecule has 1 aromatic carbocycles. The molecule has 1 nitrogen and oxygen atoms in total. The molecule has 1 atom stereocenters. The van der Waals surface area contributed by atoms with Crippen LogP contribution in [0.2, 0.25) is 0 Å². The smallest absolute Gasteiger partial charge is 0.0207 e. The Balaban J connectivity index is 1.98. The predicted molar refractivity (Wildman–Crippen MR) is 68.1 cm³/mol. The van der Waals surface area contributed by atoms with Crippen molar-refractivity contribution in [3.8, 4) is 0 Å². The van der Waals surface area contributed by atoms with Gasteiger partial charge in [-0.1, -0.05) is 40.5 Å². The minimum Gasteiger partial charge on any atom is -0.316 e. The monoisotopic (exact) mass is 267 g/mol. The molecular formula is C13H18BrN. The first kappa shape index (κ1) is 11.2. The summed E-state index contributed by atoms with van der Waals surface area (Å²) in [6.45, 7) is 2.38. The average molecular weight is 268 g/mol. The molecular weight excluding hydrogens is 250 g/mol. The standard InChI is InChI=1S/C13H18BrN/c14-13-7-2-1-6-12(13)9-11-5-3-4-8-15-10-11/h1-2,6-7,11,15H,3-5,8-10H2. The molecule has 1 unspecified atom stereocenters. The molecule has 82 valence electrons. The summed E-state index contributed by atoms with van der Waals surface area (Å²) in [7, 11) is 0. The lowest BCUT2D eigenvalue weighted by atomic mass is 9.95. The first-order valence-electron chi connectivity index (χ1n) is 5.80. The van der Waals surface area contributed by atoms with Gasteiger partial charge >= 0.3 is 0 Å². The van der Waals surface area contributed by atoms with Crippen molar-refractivity contribution in [2.75, 3.05) is 13.1 Å². The van der Waals surface area contributed by atoms with Crippen LogP contribution in [0, 0.1) is 5.92 Å². The Labute approximate surface area is 100 Å². The molecule has 1 aliphatic heterocycles. The highest BCUT2D eigenvalue weighted by Crippen LogP contribution is 2.22. The van der Waals surface area contributed by atoms with Gasteiger partial charge in [0.1, 0.15) is 0 Å². The highest BCUT2D eigenvalue weighted by atomic mass is 79.9. The summed E-state index contributed by atoms with van der Waals surface area (Å²) in [5, 5.41) is 3.52. The molecule has 2 rings (SSSR count). The molecule has 1 fully saturated rings. The Morgan fingerprint density at radius 2 is 2.13 bits per heavy atom. The number of hydrogen-bond acceptors (Lipinski definition) is 1. The van der Waals surface area contributed by atoms with E-state index in [0.29, 0.717) is 0 Å². The Hall–Kier alpha value is -0.340. The third-order valence-corrected chi connectivity index (χ3v) is 3.89. The van der Waals surface area contributed by atoms with Crippen molar-refractivity contribution in [3.63, 3.8) is 0 Å². The number of rotatable bonds is 2. The van der Waals surface area contributed by atoms with E-state index in [2.05, 4.69) is 45.5 Å². The molecule has 0 bridgehead atoms. The maximum absolute atomic E-state index is 3.62. The molecule has 0 aliphatic carbocycles. The summed E-state index contributed by atoms with van der Waals surface area (Å²) in [6, 6.07) is 8.58. The molecule has 15 heavy (non-hydrogen) atoms. The second kappa shape index (κ2) is 5.66. The highest BCUT2D eigenvalue weighted by Gasteiger charge is 2.13. The van der Waals surface area contributed by atoms with Crippen LogP contribution in [0.25, 0.3) is 0 Å². The average Bonchev–Trinajstić information content (AvgIpc) is 2.50. The Kier molecular flexibility index (Phi) is 4.21. The first-order valence-corrected chi connectivity index (χ1v) is 6.59. The molecule has 1 saturated heterocycles. The maximum Gasteiger partial charge on any atom is 0.0207 e. The van der Waals surface area contributed by atoms with Gasteiger partial charge in [0.05, 0.1) is 0 Å². The molecule has 0 saturated carbocycles. The highest BCUT2D eigenvalue weighted by molar-refractivity contribution is 9.10. The van der Waals surface area contributed by atoms with E-state index in [-0.39, 0.29) is 0 Å². The zero-order valence-electron chi connectivity index (χ0n) is 9.01. The van der Waals surface area contributed by atoms with E-state index in [4.69, 9.17) is 0 Å². The molecule has 2 heteroatoms. The number of hydrogen-bond donors (Lipinski definition) is 1.